The summed E-state index contributed by atoms with van der Waals surface area (Å²) in [5.74, 6) is -0.668. The van der Waals surface area contributed by atoms with E-state index in [4.69, 9.17) is 11.6 Å². The van der Waals surface area contributed by atoms with Crippen LogP contribution >= 0.6 is 11.6 Å². The first kappa shape index (κ1) is 13.5. The van der Waals surface area contributed by atoms with Gasteiger partial charge in [-0.05, 0) is 17.7 Å². The normalized spacial score (nSPS) is 9.88. The predicted octanol–water partition coefficient (Wildman–Crippen LogP) is 1.61. The molecule has 0 bridgehead atoms. The van der Waals surface area contributed by atoms with Gasteiger partial charge in [0, 0.05) is 31.7 Å². The summed E-state index contributed by atoms with van der Waals surface area (Å²) < 4.78 is 0. The molecule has 2 amide bonds. The highest BCUT2D eigenvalue weighted by Crippen LogP contribution is 2.23. The molecule has 17 heavy (non-hydrogen) atoms. The van der Waals surface area contributed by atoms with Gasteiger partial charge in [0.2, 0.25) is 11.8 Å². The fourth-order valence-electron chi connectivity index (χ4n) is 1.52. The minimum absolute atomic E-state index is 0.157. The molecular formula is C12H15ClN2O2. The van der Waals surface area contributed by atoms with Crippen LogP contribution in [0.3, 0.4) is 0 Å². The first-order valence-electron chi connectivity index (χ1n) is 5.16. The van der Waals surface area contributed by atoms with E-state index in [0.717, 1.165) is 11.3 Å². The molecule has 0 heterocycles. The minimum atomic E-state index is -0.352. The van der Waals surface area contributed by atoms with E-state index < -0.39 is 0 Å². The number of imide groups is 1. The molecule has 0 radical (unpaired) electrons. The SMILES string of the molecule is CC(=O)NC(=O)Cc1ccc(Cl)cc1N(C)C. The van der Waals surface area contributed by atoms with Crippen molar-refractivity contribution in [1.82, 2.24) is 5.32 Å². The third-order valence-corrected chi connectivity index (χ3v) is 2.43. The topological polar surface area (TPSA) is 49.4 Å². The number of amides is 2. The maximum atomic E-state index is 11.5. The Morgan fingerprint density at radius 2 is 2.00 bits per heavy atom. The van der Waals surface area contributed by atoms with E-state index in [1.807, 2.05) is 19.0 Å². The molecule has 1 rings (SSSR count). The molecule has 0 aliphatic heterocycles. The summed E-state index contributed by atoms with van der Waals surface area (Å²) in [6.07, 6.45) is 0.157. The van der Waals surface area contributed by atoms with E-state index in [1.54, 1.807) is 18.2 Å². The molecule has 0 saturated heterocycles. The van der Waals surface area contributed by atoms with Crippen LogP contribution in [0.5, 0.6) is 0 Å². The third-order valence-electron chi connectivity index (χ3n) is 2.20. The Balaban J connectivity index is 2.90. The van der Waals surface area contributed by atoms with Gasteiger partial charge in [-0.2, -0.15) is 0 Å². The monoisotopic (exact) mass is 254 g/mol. The van der Waals surface area contributed by atoms with Crippen molar-refractivity contribution in [3.8, 4) is 0 Å². The van der Waals surface area contributed by atoms with Gasteiger partial charge in [0.05, 0.1) is 6.42 Å². The Morgan fingerprint density at radius 1 is 1.35 bits per heavy atom. The van der Waals surface area contributed by atoms with E-state index in [1.165, 1.54) is 6.92 Å². The Hall–Kier alpha value is -1.55. The number of anilines is 1. The quantitative estimate of drug-likeness (QED) is 0.892. The van der Waals surface area contributed by atoms with Crippen molar-refractivity contribution in [2.45, 2.75) is 13.3 Å². The van der Waals surface area contributed by atoms with Crippen LogP contribution in [0.25, 0.3) is 0 Å². The second-order valence-electron chi connectivity index (χ2n) is 3.95. The van der Waals surface area contributed by atoms with Gasteiger partial charge in [-0.3, -0.25) is 14.9 Å². The standard InChI is InChI=1S/C12H15ClN2O2/c1-8(16)14-12(17)6-9-4-5-10(13)7-11(9)15(2)3/h4-5,7H,6H2,1-3H3,(H,14,16,17). The predicted molar refractivity (Wildman–Crippen MR) is 68.3 cm³/mol. The molecule has 0 atom stereocenters. The van der Waals surface area contributed by atoms with Crippen LogP contribution in [0.4, 0.5) is 5.69 Å². The number of hydrogen-bond donors (Lipinski definition) is 1. The van der Waals surface area contributed by atoms with Gasteiger partial charge in [0.1, 0.15) is 0 Å². The summed E-state index contributed by atoms with van der Waals surface area (Å²) in [6.45, 7) is 1.31. The van der Waals surface area contributed by atoms with Crippen molar-refractivity contribution in [2.75, 3.05) is 19.0 Å². The van der Waals surface area contributed by atoms with Gasteiger partial charge in [-0.15, -0.1) is 0 Å². The van der Waals surface area contributed by atoms with Crippen molar-refractivity contribution < 1.29 is 9.59 Å². The van der Waals surface area contributed by atoms with Gasteiger partial charge in [0.25, 0.3) is 0 Å². The van der Waals surface area contributed by atoms with Gasteiger partial charge in [-0.1, -0.05) is 17.7 Å². The lowest BCUT2D eigenvalue weighted by Crippen LogP contribution is -2.29. The highest BCUT2D eigenvalue weighted by molar-refractivity contribution is 6.30. The molecule has 0 aliphatic carbocycles. The highest BCUT2D eigenvalue weighted by atomic mass is 35.5. The molecule has 1 aromatic carbocycles. The number of halogens is 1. The lowest BCUT2D eigenvalue weighted by Gasteiger charge is -2.17. The average molecular weight is 255 g/mol. The molecule has 92 valence electrons. The van der Waals surface area contributed by atoms with E-state index in [9.17, 15) is 9.59 Å². The largest absolute Gasteiger partial charge is 0.377 e. The van der Waals surface area contributed by atoms with Crippen LogP contribution in [0.1, 0.15) is 12.5 Å². The number of nitrogens with zero attached hydrogens (tertiary/aromatic N) is 1. The molecule has 0 saturated carbocycles. The van der Waals surface area contributed by atoms with Crippen molar-refractivity contribution in [3.05, 3.63) is 28.8 Å². The average Bonchev–Trinajstić information content (AvgIpc) is 2.19. The van der Waals surface area contributed by atoms with Gasteiger partial charge >= 0.3 is 0 Å². The summed E-state index contributed by atoms with van der Waals surface area (Å²) in [5, 5.41) is 2.86. The summed E-state index contributed by atoms with van der Waals surface area (Å²) in [5.41, 5.74) is 1.70. The van der Waals surface area contributed by atoms with Crippen LogP contribution in [-0.2, 0) is 16.0 Å². The fourth-order valence-corrected chi connectivity index (χ4v) is 1.68. The number of nitrogens with one attached hydrogen (secondary N) is 1. The molecule has 5 heteroatoms. The second-order valence-corrected chi connectivity index (χ2v) is 4.39. The highest BCUT2D eigenvalue weighted by Gasteiger charge is 2.11. The third kappa shape index (κ3) is 4.07. The van der Waals surface area contributed by atoms with Gasteiger partial charge in [-0.25, -0.2) is 0 Å². The molecule has 0 aliphatic rings. The maximum absolute atomic E-state index is 11.5. The lowest BCUT2D eigenvalue weighted by molar-refractivity contribution is -0.128. The lowest BCUT2D eigenvalue weighted by atomic mass is 10.1. The number of carbonyl (C=O) groups excluding carboxylic acids is 2. The van der Waals surface area contributed by atoms with Crippen LogP contribution in [-0.4, -0.2) is 25.9 Å². The first-order chi connectivity index (χ1) is 7.90. The number of carbonyl (C=O) groups is 2. The Kier molecular flexibility index (Phi) is 4.52. The van der Waals surface area contributed by atoms with Crippen LogP contribution in [0.2, 0.25) is 5.02 Å². The Morgan fingerprint density at radius 3 is 2.53 bits per heavy atom. The van der Waals surface area contributed by atoms with Crippen molar-refractivity contribution in [1.29, 1.82) is 0 Å². The number of benzene rings is 1. The number of hydrogen-bond acceptors (Lipinski definition) is 3. The van der Waals surface area contributed by atoms with Crippen molar-refractivity contribution in [3.63, 3.8) is 0 Å². The molecule has 1 aromatic rings. The summed E-state index contributed by atoms with van der Waals surface area (Å²) in [7, 11) is 3.75. The van der Waals surface area contributed by atoms with Crippen LogP contribution in [0, 0.1) is 0 Å². The van der Waals surface area contributed by atoms with E-state index >= 15 is 0 Å². The minimum Gasteiger partial charge on any atom is -0.377 e. The molecular weight excluding hydrogens is 240 g/mol. The van der Waals surface area contributed by atoms with Gasteiger partial charge < -0.3 is 4.90 Å². The molecule has 1 N–H and O–H groups in total. The molecule has 0 unspecified atom stereocenters. The van der Waals surface area contributed by atoms with E-state index in [0.29, 0.717) is 5.02 Å². The smallest absolute Gasteiger partial charge is 0.231 e. The summed E-state index contributed by atoms with van der Waals surface area (Å²) in [4.78, 5) is 24.1. The Labute approximate surface area is 106 Å². The molecule has 0 aromatic heterocycles. The molecule has 0 fully saturated rings. The zero-order valence-electron chi connectivity index (χ0n) is 10.1. The van der Waals surface area contributed by atoms with Gasteiger partial charge in [0.15, 0.2) is 0 Å². The molecule has 4 nitrogen and oxygen atoms in total. The summed E-state index contributed by atoms with van der Waals surface area (Å²) in [6, 6.07) is 5.31. The van der Waals surface area contributed by atoms with Crippen molar-refractivity contribution >= 4 is 29.1 Å². The van der Waals surface area contributed by atoms with Crippen LogP contribution in [0.15, 0.2) is 18.2 Å². The zero-order valence-corrected chi connectivity index (χ0v) is 10.8. The van der Waals surface area contributed by atoms with Crippen molar-refractivity contribution in [2.24, 2.45) is 0 Å². The van der Waals surface area contributed by atoms with E-state index in [2.05, 4.69) is 5.32 Å². The zero-order chi connectivity index (χ0) is 13.0. The fraction of sp³-hybridized carbons (Fsp3) is 0.333. The maximum Gasteiger partial charge on any atom is 0.231 e. The van der Waals surface area contributed by atoms with Crippen LogP contribution < -0.4 is 10.2 Å². The van der Waals surface area contributed by atoms with E-state index in [-0.39, 0.29) is 18.2 Å². The number of rotatable bonds is 3. The second kappa shape index (κ2) is 5.68. The molecule has 0 spiro atoms. The summed E-state index contributed by atoms with van der Waals surface area (Å²) >= 11 is 5.90. The first-order valence-corrected chi connectivity index (χ1v) is 5.54. The Bertz CT molecular complexity index is 444.